The molecule has 1 aliphatic rings. The minimum atomic E-state index is -0.228. The molecule has 1 atom stereocenters. The number of aryl methyl sites for hydroxylation is 1. The van der Waals surface area contributed by atoms with Gasteiger partial charge in [0.05, 0.1) is 11.7 Å². The van der Waals surface area contributed by atoms with E-state index in [-0.39, 0.29) is 5.82 Å². The monoisotopic (exact) mass is 468 g/mol. The van der Waals surface area contributed by atoms with Crippen LogP contribution in [-0.4, -0.2) is 21.9 Å². The molecule has 0 bridgehead atoms. The number of aromatic nitrogens is 1. The molecule has 32 heavy (non-hydrogen) atoms. The van der Waals surface area contributed by atoms with Gasteiger partial charge in [0.1, 0.15) is 10.8 Å². The summed E-state index contributed by atoms with van der Waals surface area (Å²) in [6.07, 6.45) is 3.84. The third-order valence-electron chi connectivity index (χ3n) is 4.85. The Kier molecular flexibility index (Phi) is 9.43. The molecule has 0 saturated carbocycles. The second kappa shape index (κ2) is 12.5. The molecule has 1 unspecified atom stereocenters. The zero-order chi connectivity index (χ0) is 22.8. The topological polar surface area (TPSA) is 63.3 Å². The van der Waals surface area contributed by atoms with Crippen molar-refractivity contribution in [2.75, 3.05) is 11.1 Å². The van der Waals surface area contributed by atoms with Gasteiger partial charge in [-0.15, -0.1) is 0 Å². The van der Waals surface area contributed by atoms with Crippen molar-refractivity contribution in [3.63, 3.8) is 0 Å². The number of thioether (sulfide) groups is 1. The molecule has 0 fully saturated rings. The maximum atomic E-state index is 14.0. The number of pyridine rings is 1. The molecule has 0 saturated heterocycles. The largest absolute Gasteiger partial charge is 0.379 e. The smallest absolute Gasteiger partial charge is 0.154 e. The first-order valence-electron chi connectivity index (χ1n) is 10.7. The zero-order valence-electron chi connectivity index (χ0n) is 18.4. The molecule has 168 valence electrons. The second-order valence-corrected chi connectivity index (χ2v) is 9.54. The molecule has 0 amide bonds. The van der Waals surface area contributed by atoms with Gasteiger partial charge in [-0.05, 0) is 55.7 Å². The van der Waals surface area contributed by atoms with Crippen molar-refractivity contribution >= 4 is 34.4 Å². The van der Waals surface area contributed by atoms with E-state index in [0.717, 1.165) is 38.4 Å². The SMILES string of the molecule is CC1CCSC(N)=N1.CCc1ccc(F)c(NCc2cccnc2Sc2ccccc2)c1. The Labute approximate surface area is 198 Å². The van der Waals surface area contributed by atoms with Crippen molar-refractivity contribution in [1.29, 1.82) is 0 Å². The van der Waals surface area contributed by atoms with E-state index in [1.165, 1.54) is 12.5 Å². The summed E-state index contributed by atoms with van der Waals surface area (Å²) in [7, 11) is 0. The molecular formula is C25H29FN4S2. The van der Waals surface area contributed by atoms with Crippen LogP contribution in [0.3, 0.4) is 0 Å². The number of halogens is 1. The van der Waals surface area contributed by atoms with Crippen LogP contribution in [0.5, 0.6) is 0 Å². The lowest BCUT2D eigenvalue weighted by molar-refractivity contribution is 0.629. The number of aliphatic imine (C=N–C) groups is 1. The number of rotatable bonds is 6. The van der Waals surface area contributed by atoms with Gasteiger partial charge in [0.25, 0.3) is 0 Å². The quantitative estimate of drug-likeness (QED) is 0.440. The van der Waals surface area contributed by atoms with Gasteiger partial charge in [-0.2, -0.15) is 0 Å². The molecule has 4 rings (SSSR count). The zero-order valence-corrected chi connectivity index (χ0v) is 20.1. The van der Waals surface area contributed by atoms with E-state index < -0.39 is 0 Å². The lowest BCUT2D eigenvalue weighted by Crippen LogP contribution is -2.17. The summed E-state index contributed by atoms with van der Waals surface area (Å²) in [5, 5.41) is 4.89. The Morgan fingerprint density at radius 3 is 2.66 bits per heavy atom. The van der Waals surface area contributed by atoms with Crippen molar-refractivity contribution in [3.05, 3.63) is 83.8 Å². The lowest BCUT2D eigenvalue weighted by Gasteiger charge is -2.12. The fourth-order valence-electron chi connectivity index (χ4n) is 3.02. The molecule has 7 heteroatoms. The van der Waals surface area contributed by atoms with Crippen LogP contribution in [0, 0.1) is 5.82 Å². The third kappa shape index (κ3) is 7.57. The van der Waals surface area contributed by atoms with Crippen LogP contribution in [-0.2, 0) is 13.0 Å². The van der Waals surface area contributed by atoms with E-state index in [9.17, 15) is 4.39 Å². The van der Waals surface area contributed by atoms with Crippen LogP contribution in [0.2, 0.25) is 0 Å². The predicted octanol–water partition coefficient (Wildman–Crippen LogP) is 6.37. The summed E-state index contributed by atoms with van der Waals surface area (Å²) in [4.78, 5) is 9.75. The maximum absolute atomic E-state index is 14.0. The molecule has 4 nitrogen and oxygen atoms in total. The fourth-order valence-corrected chi connectivity index (χ4v) is 4.85. The number of benzene rings is 2. The minimum absolute atomic E-state index is 0.228. The molecule has 0 spiro atoms. The highest BCUT2D eigenvalue weighted by atomic mass is 32.2. The third-order valence-corrected chi connectivity index (χ3v) is 6.76. The Hall–Kier alpha value is -2.51. The average Bonchev–Trinajstić information content (AvgIpc) is 2.80. The predicted molar refractivity (Wildman–Crippen MR) is 136 cm³/mol. The molecule has 0 aliphatic carbocycles. The Balaban J connectivity index is 0.000000305. The van der Waals surface area contributed by atoms with E-state index in [0.29, 0.717) is 18.3 Å². The Bertz CT molecular complexity index is 1030. The molecule has 2 heterocycles. The van der Waals surface area contributed by atoms with Crippen LogP contribution in [0.15, 0.2) is 81.8 Å². The Morgan fingerprint density at radius 1 is 1.16 bits per heavy atom. The normalized spacial score (nSPS) is 15.3. The molecular weight excluding hydrogens is 439 g/mol. The van der Waals surface area contributed by atoms with Gasteiger partial charge in [-0.25, -0.2) is 9.37 Å². The second-order valence-electron chi connectivity index (χ2n) is 7.36. The van der Waals surface area contributed by atoms with Gasteiger partial charge in [0.2, 0.25) is 0 Å². The number of amidine groups is 1. The number of anilines is 1. The average molecular weight is 469 g/mol. The summed E-state index contributed by atoms with van der Waals surface area (Å²) in [5.41, 5.74) is 8.14. The fraction of sp³-hybridized carbons (Fsp3) is 0.280. The first-order chi connectivity index (χ1) is 15.5. The van der Waals surface area contributed by atoms with E-state index in [2.05, 4.69) is 41.3 Å². The molecule has 1 aromatic heterocycles. The first-order valence-corrected chi connectivity index (χ1v) is 12.5. The van der Waals surface area contributed by atoms with Gasteiger partial charge in [0.15, 0.2) is 5.17 Å². The van der Waals surface area contributed by atoms with E-state index >= 15 is 0 Å². The minimum Gasteiger partial charge on any atom is -0.379 e. The number of hydrogen-bond donors (Lipinski definition) is 2. The highest BCUT2D eigenvalue weighted by molar-refractivity contribution is 8.13. The molecule has 0 radical (unpaired) electrons. The van der Waals surface area contributed by atoms with E-state index in [1.54, 1.807) is 29.7 Å². The summed E-state index contributed by atoms with van der Waals surface area (Å²) in [6.45, 7) is 4.69. The van der Waals surface area contributed by atoms with Crippen molar-refractivity contribution < 1.29 is 4.39 Å². The Morgan fingerprint density at radius 2 is 1.97 bits per heavy atom. The number of hydrogen-bond acceptors (Lipinski definition) is 6. The first kappa shape index (κ1) is 24.1. The van der Waals surface area contributed by atoms with Crippen molar-refractivity contribution in [1.82, 2.24) is 4.98 Å². The molecule has 3 N–H and O–H groups in total. The number of nitrogens with two attached hydrogens (primary N) is 1. The van der Waals surface area contributed by atoms with Crippen molar-refractivity contribution in [2.24, 2.45) is 10.7 Å². The van der Waals surface area contributed by atoms with Crippen LogP contribution in [0.25, 0.3) is 0 Å². The molecule has 3 aromatic rings. The van der Waals surface area contributed by atoms with Crippen molar-refractivity contribution in [2.45, 2.75) is 49.2 Å². The van der Waals surface area contributed by atoms with Gasteiger partial charge >= 0.3 is 0 Å². The van der Waals surface area contributed by atoms with Crippen molar-refractivity contribution in [3.8, 4) is 0 Å². The van der Waals surface area contributed by atoms with Crippen LogP contribution >= 0.6 is 23.5 Å². The number of nitrogens with zero attached hydrogens (tertiary/aromatic N) is 2. The highest BCUT2D eigenvalue weighted by Gasteiger charge is 2.08. The summed E-state index contributed by atoms with van der Waals surface area (Å²) < 4.78 is 14.0. The van der Waals surface area contributed by atoms with Crippen LogP contribution < -0.4 is 11.1 Å². The summed E-state index contributed by atoms with van der Waals surface area (Å²) >= 11 is 3.27. The van der Waals surface area contributed by atoms with Crippen LogP contribution in [0.4, 0.5) is 10.1 Å². The maximum Gasteiger partial charge on any atom is 0.154 e. The lowest BCUT2D eigenvalue weighted by atomic mass is 10.1. The standard InChI is InChI=1S/C20H19FN2S.C5H10N2S/c1-2-15-10-11-18(21)19(13-15)23-14-16-7-6-12-22-20(16)24-17-8-4-3-5-9-17;1-4-2-3-8-5(6)7-4/h3-13,23H,2,14H2,1H3;4H,2-3H2,1H3,(H2,6,7). The number of nitrogens with one attached hydrogen (secondary N) is 1. The van der Waals surface area contributed by atoms with Gasteiger partial charge < -0.3 is 11.1 Å². The van der Waals surface area contributed by atoms with Gasteiger partial charge in [0, 0.05) is 29.0 Å². The van der Waals surface area contributed by atoms with Gasteiger partial charge in [-0.1, -0.05) is 60.8 Å². The van der Waals surface area contributed by atoms with E-state index in [1.807, 2.05) is 42.5 Å². The van der Waals surface area contributed by atoms with Crippen LogP contribution in [0.1, 0.15) is 31.4 Å². The summed E-state index contributed by atoms with van der Waals surface area (Å²) in [6, 6.07) is 19.7. The van der Waals surface area contributed by atoms with Gasteiger partial charge in [-0.3, -0.25) is 4.99 Å². The molecule has 1 aliphatic heterocycles. The summed E-state index contributed by atoms with van der Waals surface area (Å²) in [5.74, 6) is 0.907. The van der Waals surface area contributed by atoms with E-state index in [4.69, 9.17) is 5.73 Å². The molecule has 2 aromatic carbocycles. The highest BCUT2D eigenvalue weighted by Crippen LogP contribution is 2.29.